The van der Waals surface area contributed by atoms with Gasteiger partial charge in [-0.3, -0.25) is 4.79 Å². The Kier molecular flexibility index (Phi) is 6.23. The number of nitrogen functional groups attached to an aromatic ring is 1. The first-order valence-corrected chi connectivity index (χ1v) is 8.17. The van der Waals surface area contributed by atoms with E-state index < -0.39 is 0 Å². The normalized spacial score (nSPS) is 18.9. The van der Waals surface area contributed by atoms with Crippen LogP contribution in [0.4, 0.5) is 5.69 Å². The maximum atomic E-state index is 12.0. The molecule has 4 nitrogen and oxygen atoms in total. The molecule has 1 atom stereocenters. The van der Waals surface area contributed by atoms with Crippen molar-refractivity contribution in [1.29, 1.82) is 0 Å². The van der Waals surface area contributed by atoms with E-state index in [2.05, 4.69) is 5.32 Å². The van der Waals surface area contributed by atoms with Gasteiger partial charge in [0.15, 0.2) is 0 Å². The molecule has 1 amide bonds. The Morgan fingerprint density at radius 1 is 1.52 bits per heavy atom. The number of thioether (sulfide) groups is 1. The number of nitrogens with two attached hydrogens (primary N) is 1. The predicted octanol–water partition coefficient (Wildman–Crippen LogP) is 3.16. The molecule has 1 aromatic carbocycles. The van der Waals surface area contributed by atoms with E-state index in [0.717, 1.165) is 23.5 Å². The monoisotopic (exact) mass is 330 g/mol. The van der Waals surface area contributed by atoms with Gasteiger partial charge in [0.1, 0.15) is 11.4 Å². The second kappa shape index (κ2) is 7.27. The van der Waals surface area contributed by atoms with Crippen molar-refractivity contribution in [3.63, 3.8) is 0 Å². The summed E-state index contributed by atoms with van der Waals surface area (Å²) in [7, 11) is 0. The highest BCUT2D eigenvalue weighted by molar-refractivity contribution is 7.98. The molecule has 0 fully saturated rings. The van der Waals surface area contributed by atoms with Gasteiger partial charge in [-0.1, -0.05) is 0 Å². The van der Waals surface area contributed by atoms with Gasteiger partial charge >= 0.3 is 0 Å². The summed E-state index contributed by atoms with van der Waals surface area (Å²) < 4.78 is 5.96. The van der Waals surface area contributed by atoms with Crippen LogP contribution in [0.2, 0.25) is 0 Å². The van der Waals surface area contributed by atoms with Crippen molar-refractivity contribution < 1.29 is 9.53 Å². The van der Waals surface area contributed by atoms with E-state index in [0.29, 0.717) is 12.1 Å². The Balaban J connectivity index is 0.00000220. The van der Waals surface area contributed by atoms with Gasteiger partial charge in [-0.2, -0.15) is 11.8 Å². The molecule has 2 rings (SSSR count). The molecule has 0 bridgehead atoms. The molecule has 0 aromatic heterocycles. The van der Waals surface area contributed by atoms with E-state index in [1.165, 1.54) is 0 Å². The molecule has 0 saturated heterocycles. The van der Waals surface area contributed by atoms with Crippen LogP contribution in [0, 0.1) is 0 Å². The quantitative estimate of drug-likeness (QED) is 0.832. The minimum atomic E-state index is -0.291. The molecule has 118 valence electrons. The maximum absolute atomic E-state index is 12.0. The van der Waals surface area contributed by atoms with Crippen LogP contribution in [0.15, 0.2) is 18.2 Å². The lowest BCUT2D eigenvalue weighted by Gasteiger charge is -2.38. The van der Waals surface area contributed by atoms with Gasteiger partial charge in [0.25, 0.3) is 0 Å². The Morgan fingerprint density at radius 2 is 2.24 bits per heavy atom. The molecular formula is C15H23ClN2O2S. The first kappa shape index (κ1) is 18.0. The summed E-state index contributed by atoms with van der Waals surface area (Å²) >= 11 is 1.67. The molecule has 0 spiro atoms. The zero-order valence-corrected chi connectivity index (χ0v) is 14.3. The summed E-state index contributed by atoms with van der Waals surface area (Å²) in [6.07, 6.45) is 3.28. The standard InChI is InChI=1S/C15H22N2O2S.ClH/c1-15(2)9-12(17-14(18)6-7-20-3)11-8-10(16)4-5-13(11)19-15;/h4-5,8,12H,6-7,9,16H2,1-3H3,(H,17,18);1H. The van der Waals surface area contributed by atoms with Crippen molar-refractivity contribution in [3.05, 3.63) is 23.8 Å². The number of amides is 1. The van der Waals surface area contributed by atoms with Crippen LogP contribution in [-0.2, 0) is 4.79 Å². The van der Waals surface area contributed by atoms with Crippen LogP contribution in [0.1, 0.15) is 38.3 Å². The highest BCUT2D eigenvalue weighted by Crippen LogP contribution is 2.40. The summed E-state index contributed by atoms with van der Waals surface area (Å²) in [6, 6.07) is 5.57. The van der Waals surface area contributed by atoms with Crippen molar-refractivity contribution in [2.75, 3.05) is 17.7 Å². The highest BCUT2D eigenvalue weighted by atomic mass is 35.5. The lowest BCUT2D eigenvalue weighted by atomic mass is 9.89. The van der Waals surface area contributed by atoms with Crippen LogP contribution in [0.5, 0.6) is 5.75 Å². The molecular weight excluding hydrogens is 308 g/mol. The number of nitrogens with one attached hydrogen (secondary N) is 1. The molecule has 1 heterocycles. The third kappa shape index (κ3) is 4.71. The predicted molar refractivity (Wildman–Crippen MR) is 91.3 cm³/mol. The molecule has 1 unspecified atom stereocenters. The first-order valence-electron chi connectivity index (χ1n) is 6.78. The molecule has 0 radical (unpaired) electrons. The largest absolute Gasteiger partial charge is 0.487 e. The van der Waals surface area contributed by atoms with Crippen molar-refractivity contribution in [2.45, 2.75) is 38.3 Å². The molecule has 21 heavy (non-hydrogen) atoms. The molecule has 3 N–H and O–H groups in total. The molecule has 0 aliphatic carbocycles. The van der Waals surface area contributed by atoms with Crippen molar-refractivity contribution in [2.24, 2.45) is 0 Å². The van der Waals surface area contributed by atoms with Crippen LogP contribution in [-0.4, -0.2) is 23.5 Å². The number of hydrogen-bond donors (Lipinski definition) is 2. The summed E-state index contributed by atoms with van der Waals surface area (Å²) in [4.78, 5) is 12.0. The number of fused-ring (bicyclic) bond motifs is 1. The van der Waals surface area contributed by atoms with Crippen molar-refractivity contribution >= 4 is 35.8 Å². The van der Waals surface area contributed by atoms with Gasteiger partial charge in [-0.25, -0.2) is 0 Å². The van der Waals surface area contributed by atoms with Gasteiger partial charge < -0.3 is 15.8 Å². The van der Waals surface area contributed by atoms with Crippen LogP contribution in [0.3, 0.4) is 0 Å². The Hall–Kier alpha value is -1.07. The number of carbonyl (C=O) groups is 1. The number of halogens is 1. The van der Waals surface area contributed by atoms with E-state index in [1.807, 2.05) is 38.3 Å². The number of benzene rings is 1. The van der Waals surface area contributed by atoms with E-state index in [-0.39, 0.29) is 30.0 Å². The van der Waals surface area contributed by atoms with Crippen molar-refractivity contribution in [3.8, 4) is 5.75 Å². The van der Waals surface area contributed by atoms with E-state index in [1.54, 1.807) is 11.8 Å². The maximum Gasteiger partial charge on any atom is 0.221 e. The van der Waals surface area contributed by atoms with Crippen molar-refractivity contribution in [1.82, 2.24) is 5.32 Å². The third-order valence-corrected chi connectivity index (χ3v) is 3.97. The van der Waals surface area contributed by atoms with E-state index >= 15 is 0 Å². The fourth-order valence-corrected chi connectivity index (χ4v) is 2.85. The third-order valence-electron chi connectivity index (χ3n) is 3.36. The van der Waals surface area contributed by atoms with Gasteiger partial charge in [0.2, 0.25) is 5.91 Å². The van der Waals surface area contributed by atoms with Crippen LogP contribution in [0.25, 0.3) is 0 Å². The summed E-state index contributed by atoms with van der Waals surface area (Å²) in [5.74, 6) is 1.73. The number of carbonyl (C=O) groups excluding carboxylic acids is 1. The lowest BCUT2D eigenvalue weighted by molar-refractivity contribution is -0.121. The van der Waals surface area contributed by atoms with Gasteiger partial charge in [-0.05, 0) is 38.3 Å². The van der Waals surface area contributed by atoms with Gasteiger partial charge in [-0.15, -0.1) is 12.4 Å². The van der Waals surface area contributed by atoms with Gasteiger partial charge in [0.05, 0.1) is 6.04 Å². The molecule has 1 aromatic rings. The smallest absolute Gasteiger partial charge is 0.221 e. The number of anilines is 1. The number of rotatable bonds is 4. The van der Waals surface area contributed by atoms with E-state index in [9.17, 15) is 4.79 Å². The first-order chi connectivity index (χ1) is 9.41. The fourth-order valence-electron chi connectivity index (χ4n) is 2.46. The summed E-state index contributed by atoms with van der Waals surface area (Å²) in [5.41, 5.74) is 7.22. The van der Waals surface area contributed by atoms with Gasteiger partial charge in [0, 0.05) is 29.8 Å². The zero-order chi connectivity index (χ0) is 14.8. The summed E-state index contributed by atoms with van der Waals surface area (Å²) in [6.45, 7) is 4.07. The van der Waals surface area contributed by atoms with E-state index in [4.69, 9.17) is 10.5 Å². The minimum absolute atomic E-state index is 0. The fraction of sp³-hybridized carbons (Fsp3) is 0.533. The lowest BCUT2D eigenvalue weighted by Crippen LogP contribution is -2.41. The van der Waals surface area contributed by atoms with Crippen LogP contribution < -0.4 is 15.8 Å². The Labute approximate surface area is 136 Å². The zero-order valence-electron chi connectivity index (χ0n) is 12.6. The second-order valence-corrected chi connectivity index (χ2v) is 6.71. The Morgan fingerprint density at radius 3 is 2.90 bits per heavy atom. The SMILES string of the molecule is CSCCC(=O)NC1CC(C)(C)Oc2ccc(N)cc21.Cl. The van der Waals surface area contributed by atoms with Crippen LogP contribution >= 0.6 is 24.2 Å². The molecule has 1 aliphatic rings. The molecule has 6 heteroatoms. The number of hydrogen-bond acceptors (Lipinski definition) is 4. The minimum Gasteiger partial charge on any atom is -0.487 e. The topological polar surface area (TPSA) is 64.3 Å². The average molecular weight is 331 g/mol. The molecule has 1 aliphatic heterocycles. The average Bonchev–Trinajstić information content (AvgIpc) is 2.36. The Bertz CT molecular complexity index is 508. The number of ether oxygens (including phenoxy) is 1. The second-order valence-electron chi connectivity index (χ2n) is 5.73. The highest BCUT2D eigenvalue weighted by Gasteiger charge is 2.34. The summed E-state index contributed by atoms with van der Waals surface area (Å²) in [5, 5.41) is 3.10. The molecule has 0 saturated carbocycles.